The predicted molar refractivity (Wildman–Crippen MR) is 158 cm³/mol. The highest BCUT2D eigenvalue weighted by atomic mass is 16.5. The van der Waals surface area contributed by atoms with Crippen molar-refractivity contribution >= 4 is 11.8 Å². The number of azide groups is 1. The van der Waals surface area contributed by atoms with Crippen molar-refractivity contribution < 1.29 is 14.3 Å². The highest BCUT2D eigenvalue weighted by Gasteiger charge is 2.60. The number of Topliss-reactive ketones (excluding diaryl/α,β-unsaturated/α-hetero) is 1. The monoisotopic (exact) mass is 547 g/mol. The number of rotatable bonds is 8. The van der Waals surface area contributed by atoms with Crippen molar-refractivity contribution in [3.8, 4) is 0 Å². The summed E-state index contributed by atoms with van der Waals surface area (Å²) in [7, 11) is 0. The molecule has 218 valence electrons. The largest absolute Gasteiger partial charge is 0.454 e. The van der Waals surface area contributed by atoms with E-state index in [0.29, 0.717) is 40.6 Å². The zero-order valence-corrected chi connectivity index (χ0v) is 25.3. The second-order valence-electron chi connectivity index (χ2n) is 14.4. The number of benzene rings is 1. The maximum Gasteiger partial charge on any atom is 0.339 e. The number of fused-ring (bicyclic) bond motifs is 5. The molecule has 9 atom stereocenters. The van der Waals surface area contributed by atoms with Gasteiger partial charge in [0, 0.05) is 17.4 Å². The second kappa shape index (κ2) is 11.5. The molecule has 6 heteroatoms. The molecular formula is C34H49N3O3. The molecule has 5 rings (SSSR count). The van der Waals surface area contributed by atoms with E-state index >= 15 is 0 Å². The summed E-state index contributed by atoms with van der Waals surface area (Å²) in [5.41, 5.74) is 12.1. The van der Waals surface area contributed by atoms with Crippen LogP contribution in [0.4, 0.5) is 0 Å². The Labute approximate surface area is 240 Å². The Morgan fingerprint density at radius 1 is 1.02 bits per heavy atom. The molecular weight excluding hydrogens is 498 g/mol. The van der Waals surface area contributed by atoms with E-state index in [1.807, 2.05) is 32.0 Å². The molecule has 4 saturated carbocycles. The molecule has 1 aromatic carbocycles. The average Bonchev–Trinajstić information content (AvgIpc) is 3.28. The van der Waals surface area contributed by atoms with Crippen LogP contribution >= 0.6 is 0 Å². The van der Waals surface area contributed by atoms with Gasteiger partial charge in [0.1, 0.15) is 6.61 Å². The third kappa shape index (κ3) is 5.22. The lowest BCUT2D eigenvalue weighted by molar-refractivity contribution is -0.123. The third-order valence-corrected chi connectivity index (χ3v) is 12.5. The Bertz CT molecular complexity index is 1150. The maximum absolute atomic E-state index is 12.7. The van der Waals surface area contributed by atoms with Crippen LogP contribution in [0.25, 0.3) is 10.4 Å². The van der Waals surface area contributed by atoms with Gasteiger partial charge in [-0.2, -0.15) is 0 Å². The first-order valence-electron chi connectivity index (χ1n) is 15.9. The maximum atomic E-state index is 12.7. The van der Waals surface area contributed by atoms with Gasteiger partial charge in [-0.05, 0) is 141 Å². The fraction of sp³-hybridized carbons (Fsp3) is 0.765. The Balaban J connectivity index is 1.16. The molecule has 0 N–H and O–H groups in total. The van der Waals surface area contributed by atoms with E-state index < -0.39 is 5.97 Å². The van der Waals surface area contributed by atoms with Gasteiger partial charge in [0.25, 0.3) is 0 Å². The Hall–Kier alpha value is -2.33. The normalized spacial score (nSPS) is 37.3. The van der Waals surface area contributed by atoms with Crippen molar-refractivity contribution in [2.75, 3.05) is 6.61 Å². The van der Waals surface area contributed by atoms with Gasteiger partial charge < -0.3 is 4.74 Å². The molecule has 0 amide bonds. The van der Waals surface area contributed by atoms with Crippen LogP contribution in [0, 0.1) is 60.2 Å². The molecule has 6 nitrogen and oxygen atoms in total. The average molecular weight is 548 g/mol. The highest BCUT2D eigenvalue weighted by Crippen LogP contribution is 2.68. The number of esters is 1. The summed E-state index contributed by atoms with van der Waals surface area (Å²) < 4.78 is 5.44. The van der Waals surface area contributed by atoms with Gasteiger partial charge in [-0.25, -0.2) is 4.79 Å². The van der Waals surface area contributed by atoms with Crippen LogP contribution in [0.3, 0.4) is 0 Å². The van der Waals surface area contributed by atoms with Crippen molar-refractivity contribution in [1.82, 2.24) is 0 Å². The second-order valence-corrected chi connectivity index (χ2v) is 14.4. The first kappa shape index (κ1) is 29.2. The summed E-state index contributed by atoms with van der Waals surface area (Å²) in [4.78, 5) is 28.5. The first-order chi connectivity index (χ1) is 19.1. The third-order valence-electron chi connectivity index (χ3n) is 12.5. The molecule has 1 aromatic rings. The zero-order chi connectivity index (χ0) is 28.7. The molecule has 40 heavy (non-hydrogen) atoms. The number of ether oxygens (including phenoxy) is 1. The molecule has 0 heterocycles. The number of hydrogen-bond donors (Lipinski definition) is 0. The summed E-state index contributed by atoms with van der Waals surface area (Å²) in [6.45, 7) is 11.2. The van der Waals surface area contributed by atoms with Crippen LogP contribution < -0.4 is 0 Å². The van der Waals surface area contributed by atoms with Crippen molar-refractivity contribution in [1.29, 1.82) is 0 Å². The van der Waals surface area contributed by atoms with Crippen LogP contribution in [0.15, 0.2) is 23.3 Å². The van der Waals surface area contributed by atoms with E-state index in [1.54, 1.807) is 0 Å². The van der Waals surface area contributed by atoms with Crippen molar-refractivity contribution in [3.05, 3.63) is 45.3 Å². The van der Waals surface area contributed by atoms with Crippen molar-refractivity contribution in [2.45, 2.75) is 111 Å². The van der Waals surface area contributed by atoms with Crippen molar-refractivity contribution in [3.63, 3.8) is 0 Å². The van der Waals surface area contributed by atoms with Crippen LogP contribution in [0.1, 0.15) is 113 Å². The van der Waals surface area contributed by atoms with E-state index in [4.69, 9.17) is 10.3 Å². The lowest BCUT2D eigenvalue weighted by Crippen LogP contribution is -2.54. The highest BCUT2D eigenvalue weighted by molar-refractivity contribution is 5.94. The number of nitrogens with zero attached hydrogens (tertiary/aromatic N) is 3. The molecule has 0 aromatic heterocycles. The summed E-state index contributed by atoms with van der Waals surface area (Å²) in [5.74, 6) is 3.91. The van der Waals surface area contributed by atoms with Gasteiger partial charge in [-0.3, -0.25) is 4.79 Å². The van der Waals surface area contributed by atoms with Gasteiger partial charge in [-0.1, -0.05) is 44.1 Å². The lowest BCUT2D eigenvalue weighted by Gasteiger charge is -2.61. The SMILES string of the molecule is Cc1cccc(C)c1C(=O)OCC(=O)CC[C@@H](C)[C@H]1CC[C@H]2[C@@H]3CC[C@@H]4C[C@H](N=[N+]=[N-])CC[C@]4(C)[C@H]3CC[C@]12C. The number of carbonyl (C=O) groups is 2. The summed E-state index contributed by atoms with van der Waals surface area (Å²) in [5, 5.41) is 4.11. The number of carbonyl (C=O) groups excluding carboxylic acids is 2. The summed E-state index contributed by atoms with van der Waals surface area (Å²) in [6.07, 6.45) is 12.6. The minimum atomic E-state index is -0.394. The van der Waals surface area contributed by atoms with Crippen LogP contribution in [0.5, 0.6) is 0 Å². The van der Waals surface area contributed by atoms with Gasteiger partial charge in [0.15, 0.2) is 5.78 Å². The van der Waals surface area contributed by atoms with Crippen LogP contribution in [-0.4, -0.2) is 24.4 Å². The number of ketones is 1. The molecule has 0 saturated heterocycles. The van der Waals surface area contributed by atoms with E-state index in [0.717, 1.165) is 48.1 Å². The first-order valence-corrected chi connectivity index (χ1v) is 15.9. The zero-order valence-electron chi connectivity index (χ0n) is 25.3. The van der Waals surface area contributed by atoms with E-state index in [1.165, 1.54) is 44.9 Å². The van der Waals surface area contributed by atoms with E-state index in [9.17, 15) is 9.59 Å². The van der Waals surface area contributed by atoms with Gasteiger partial charge in [-0.15, -0.1) is 0 Å². The smallest absolute Gasteiger partial charge is 0.339 e. The molecule has 0 unspecified atom stereocenters. The summed E-state index contributed by atoms with van der Waals surface area (Å²) in [6, 6.07) is 5.93. The van der Waals surface area contributed by atoms with Gasteiger partial charge >= 0.3 is 5.97 Å². The molecule has 0 aliphatic heterocycles. The Morgan fingerprint density at radius 3 is 2.45 bits per heavy atom. The fourth-order valence-electron chi connectivity index (χ4n) is 10.4. The van der Waals surface area contributed by atoms with Crippen LogP contribution in [0.2, 0.25) is 0 Å². The lowest BCUT2D eigenvalue weighted by atomic mass is 9.44. The minimum absolute atomic E-state index is 0.0254. The minimum Gasteiger partial charge on any atom is -0.454 e. The Morgan fingerprint density at radius 2 is 1.73 bits per heavy atom. The van der Waals surface area contributed by atoms with Crippen molar-refractivity contribution in [2.24, 2.45) is 51.5 Å². The molecule has 0 spiro atoms. The van der Waals surface area contributed by atoms with Gasteiger partial charge in [0.2, 0.25) is 0 Å². The standard InChI is InChI=1S/C34H49N3O3/c1-21(9-11-26(38)20-40-32(39)31-22(2)7-6-8-23(31)3)28-13-14-29-27-12-10-24-19-25(36-37-35)15-17-33(24,4)30(27)16-18-34(28,29)5/h6-8,21,24-25,27-30H,9-20H2,1-5H3/t21-,24-,25-,27+,28-,29+,30+,33+,34-/m1/s1. The number of aryl methyl sites for hydroxylation is 2. The topological polar surface area (TPSA) is 92.1 Å². The summed E-state index contributed by atoms with van der Waals surface area (Å²) >= 11 is 0. The fourth-order valence-corrected chi connectivity index (χ4v) is 10.4. The van der Waals surface area contributed by atoms with Crippen LogP contribution in [-0.2, 0) is 9.53 Å². The molecule has 4 aliphatic carbocycles. The van der Waals surface area contributed by atoms with E-state index in [-0.39, 0.29) is 18.4 Å². The quantitative estimate of drug-likeness (QED) is 0.141. The number of hydrogen-bond acceptors (Lipinski definition) is 4. The molecule has 0 bridgehead atoms. The predicted octanol–water partition coefficient (Wildman–Crippen LogP) is 8.78. The Kier molecular flexibility index (Phi) is 8.39. The molecule has 0 radical (unpaired) electrons. The van der Waals surface area contributed by atoms with E-state index in [2.05, 4.69) is 30.8 Å². The van der Waals surface area contributed by atoms with Gasteiger partial charge in [0.05, 0.1) is 5.56 Å². The molecule has 4 aliphatic rings. The molecule has 4 fully saturated rings.